The molecule has 3 aliphatic carbocycles. The molecule has 11 nitrogen and oxygen atoms in total. The number of rotatable bonds is 4. The number of ether oxygens (including phenoxy) is 1. The average Bonchev–Trinajstić information content (AvgIpc) is 3.36. The zero-order valence-corrected chi connectivity index (χ0v) is 21.5. The van der Waals surface area contributed by atoms with Crippen molar-refractivity contribution in [3.63, 3.8) is 0 Å². The molecule has 0 spiro atoms. The van der Waals surface area contributed by atoms with Gasteiger partial charge in [-0.05, 0) is 58.3 Å². The molecule has 216 valence electrons. The van der Waals surface area contributed by atoms with E-state index in [1.807, 2.05) is 0 Å². The molecule has 0 aromatic heterocycles. The summed E-state index contributed by atoms with van der Waals surface area (Å²) in [5.41, 5.74) is 0.268. The van der Waals surface area contributed by atoms with Crippen LogP contribution < -0.4 is 15.8 Å². The number of hydrogen-bond donors (Lipinski definition) is 6. The van der Waals surface area contributed by atoms with Gasteiger partial charge in [0.2, 0.25) is 5.78 Å². The maximum absolute atomic E-state index is 13.7. The maximum Gasteiger partial charge on any atom is 0.573 e. The number of phenols is 1. The van der Waals surface area contributed by atoms with Gasteiger partial charge in [0.1, 0.15) is 28.6 Å². The van der Waals surface area contributed by atoms with Crippen molar-refractivity contribution in [1.29, 1.82) is 0 Å². The zero-order valence-electron chi connectivity index (χ0n) is 21.5. The maximum atomic E-state index is 13.7. The molecule has 0 radical (unpaired) electrons. The van der Waals surface area contributed by atoms with Gasteiger partial charge in [-0.3, -0.25) is 19.3 Å². The lowest BCUT2D eigenvalue weighted by Gasteiger charge is -2.50. The molecule has 5 rings (SSSR count). The fourth-order valence-electron chi connectivity index (χ4n) is 6.77. The number of amides is 1. The van der Waals surface area contributed by atoms with Crippen LogP contribution in [-0.4, -0.2) is 81.4 Å². The number of benzene rings is 1. The number of primary amides is 1. The number of nitrogens with two attached hydrogens (primary N) is 1. The molecule has 1 aliphatic heterocycles. The molecule has 1 unspecified atom stereocenters. The number of aliphatic hydroxyl groups excluding tert-OH is 2. The van der Waals surface area contributed by atoms with Crippen LogP contribution in [-0.2, 0) is 16.0 Å². The number of Topliss-reactive ketones (excluding diaryl/α,β-unsaturated/α-hetero) is 2. The van der Waals surface area contributed by atoms with Crippen LogP contribution in [0.3, 0.4) is 0 Å². The van der Waals surface area contributed by atoms with Crippen molar-refractivity contribution in [2.45, 2.75) is 49.7 Å². The second-order valence-corrected chi connectivity index (χ2v) is 10.8. The number of hydrogen-bond acceptors (Lipinski definition) is 10. The Morgan fingerprint density at radius 3 is 2.45 bits per heavy atom. The molecule has 1 heterocycles. The van der Waals surface area contributed by atoms with E-state index in [4.69, 9.17) is 5.73 Å². The lowest BCUT2D eigenvalue weighted by molar-refractivity contribution is -0.275. The lowest BCUT2D eigenvalue weighted by atomic mass is 9.58. The molecule has 14 heteroatoms. The van der Waals surface area contributed by atoms with Gasteiger partial charge in [-0.15, -0.1) is 13.2 Å². The Kier molecular flexibility index (Phi) is 6.43. The minimum Gasteiger partial charge on any atom is -0.510 e. The second-order valence-electron chi connectivity index (χ2n) is 10.8. The first-order valence-electron chi connectivity index (χ1n) is 12.6. The van der Waals surface area contributed by atoms with Gasteiger partial charge < -0.3 is 36.2 Å². The predicted molar refractivity (Wildman–Crippen MR) is 130 cm³/mol. The Balaban J connectivity index is 1.72. The number of fused-ring (bicyclic) bond motifs is 3. The molecular formula is C26H28F3N3O8. The quantitative estimate of drug-likeness (QED) is 0.291. The minimum atomic E-state index is -5.13. The summed E-state index contributed by atoms with van der Waals surface area (Å²) in [7, 11) is 2.95. The molecule has 4 aliphatic rings. The minimum absolute atomic E-state index is 0.0218. The Morgan fingerprint density at radius 2 is 1.90 bits per heavy atom. The summed E-state index contributed by atoms with van der Waals surface area (Å²) in [6.45, 7) is 0.529. The van der Waals surface area contributed by atoms with E-state index in [0.717, 1.165) is 6.07 Å². The van der Waals surface area contributed by atoms with Crippen molar-refractivity contribution >= 4 is 17.5 Å². The number of aliphatic hydroxyl groups is 3. The Labute approximate surface area is 225 Å². The van der Waals surface area contributed by atoms with Crippen LogP contribution in [0.4, 0.5) is 13.2 Å². The van der Waals surface area contributed by atoms with Crippen molar-refractivity contribution in [3.05, 3.63) is 45.4 Å². The average molecular weight is 568 g/mol. The number of likely N-dealkylation sites (N-methyl/N-ethyl adjacent to an activating group) is 1. The lowest BCUT2D eigenvalue weighted by Crippen LogP contribution is -2.63. The zero-order chi connectivity index (χ0) is 29.5. The molecular weight excluding hydrogens is 539 g/mol. The standard InChI is InChI=1S/C26H28F3N3O8/c1-32(2)18-12-7-9-6-11-16(14(33)8-10(13-4-3-5-31-13)21(11)40-26(27,28)29)19(34)15(9)22(36)25(12,39)23(37)17(20(18)35)24(30)38/h8-9,12-13,18,31,33,35-36,39H,3-7H2,1-2H3,(H2,30,38)/t9-,12-,13?,18-,25-/m0/s1. The van der Waals surface area contributed by atoms with Crippen LogP contribution in [0.1, 0.15) is 46.8 Å². The topological polar surface area (TPSA) is 183 Å². The van der Waals surface area contributed by atoms with E-state index in [0.29, 0.717) is 19.4 Å². The molecule has 1 amide bonds. The fraction of sp³-hybridized carbons (Fsp3) is 0.500. The third-order valence-electron chi connectivity index (χ3n) is 8.35. The Bertz CT molecular complexity index is 1400. The van der Waals surface area contributed by atoms with Crippen LogP contribution in [0.5, 0.6) is 11.5 Å². The first kappa shape index (κ1) is 27.9. The number of halogens is 3. The molecule has 40 heavy (non-hydrogen) atoms. The number of ketones is 2. The van der Waals surface area contributed by atoms with E-state index in [2.05, 4.69) is 10.1 Å². The highest BCUT2D eigenvalue weighted by Gasteiger charge is 2.63. The van der Waals surface area contributed by atoms with Crippen molar-refractivity contribution in [2.24, 2.45) is 17.6 Å². The molecule has 1 aromatic carbocycles. The monoisotopic (exact) mass is 567 g/mol. The van der Waals surface area contributed by atoms with E-state index in [1.165, 1.54) is 19.0 Å². The van der Waals surface area contributed by atoms with Crippen LogP contribution in [0.2, 0.25) is 0 Å². The summed E-state index contributed by atoms with van der Waals surface area (Å²) in [4.78, 5) is 40.5. The largest absolute Gasteiger partial charge is 0.573 e. The number of carbonyl (C=O) groups excluding carboxylic acids is 3. The SMILES string of the molecule is CN(C)[C@@H]1C(O)=C(C(N)=O)C(=O)[C@@]2(O)C(O)=C3C(=O)c4c(O)cc(C5CCCN5)c(OC(F)(F)F)c4C[C@H]3C[C@@H]12. The number of nitrogens with one attached hydrogen (secondary N) is 1. The number of phenolic OH excluding ortho intramolecular Hbond substituents is 1. The Morgan fingerprint density at radius 1 is 1.23 bits per heavy atom. The number of alkyl halides is 3. The second kappa shape index (κ2) is 9.21. The highest BCUT2D eigenvalue weighted by Crippen LogP contribution is 2.54. The first-order valence-corrected chi connectivity index (χ1v) is 12.6. The van der Waals surface area contributed by atoms with E-state index in [1.54, 1.807) is 0 Å². The summed E-state index contributed by atoms with van der Waals surface area (Å²) >= 11 is 0. The summed E-state index contributed by atoms with van der Waals surface area (Å²) in [6.07, 6.45) is -4.58. The van der Waals surface area contributed by atoms with E-state index in [-0.39, 0.29) is 24.0 Å². The van der Waals surface area contributed by atoms with Crippen LogP contribution in [0.15, 0.2) is 28.7 Å². The number of aromatic hydroxyl groups is 1. The molecule has 1 saturated heterocycles. The molecule has 1 aromatic rings. The number of nitrogens with zero attached hydrogens (tertiary/aromatic N) is 1. The normalized spacial score (nSPS) is 30.4. The third kappa shape index (κ3) is 3.96. The Hall–Kier alpha value is -3.62. The fourth-order valence-corrected chi connectivity index (χ4v) is 6.77. The number of carbonyl (C=O) groups is 3. The summed E-state index contributed by atoms with van der Waals surface area (Å²) in [5, 5.41) is 47.6. The molecule has 0 saturated carbocycles. The van der Waals surface area contributed by atoms with Gasteiger partial charge in [-0.25, -0.2) is 0 Å². The van der Waals surface area contributed by atoms with E-state index >= 15 is 0 Å². The summed E-state index contributed by atoms with van der Waals surface area (Å²) in [5.74, 6) is -9.34. The smallest absolute Gasteiger partial charge is 0.510 e. The van der Waals surface area contributed by atoms with Crippen LogP contribution in [0, 0.1) is 11.8 Å². The number of allylic oxidation sites excluding steroid dienone is 1. The van der Waals surface area contributed by atoms with Crippen molar-refractivity contribution < 1.29 is 52.7 Å². The molecule has 0 bridgehead atoms. The van der Waals surface area contributed by atoms with Gasteiger partial charge in [0, 0.05) is 28.7 Å². The van der Waals surface area contributed by atoms with E-state index < -0.39 is 93.1 Å². The van der Waals surface area contributed by atoms with Gasteiger partial charge in [-0.1, -0.05) is 0 Å². The predicted octanol–water partition coefficient (Wildman–Crippen LogP) is 1.44. The van der Waals surface area contributed by atoms with Gasteiger partial charge in [-0.2, -0.15) is 0 Å². The van der Waals surface area contributed by atoms with Crippen molar-refractivity contribution in [1.82, 2.24) is 10.2 Å². The van der Waals surface area contributed by atoms with Gasteiger partial charge >= 0.3 is 6.36 Å². The summed E-state index contributed by atoms with van der Waals surface area (Å²) in [6, 6.07) is -0.786. The van der Waals surface area contributed by atoms with Crippen molar-refractivity contribution in [3.8, 4) is 11.5 Å². The van der Waals surface area contributed by atoms with E-state index in [9.17, 15) is 48.0 Å². The van der Waals surface area contributed by atoms with Gasteiger partial charge in [0.15, 0.2) is 11.4 Å². The highest BCUT2D eigenvalue weighted by molar-refractivity contribution is 6.24. The third-order valence-corrected chi connectivity index (χ3v) is 8.35. The molecule has 1 fully saturated rings. The van der Waals surface area contributed by atoms with Crippen LogP contribution >= 0.6 is 0 Å². The molecule has 5 atom stereocenters. The van der Waals surface area contributed by atoms with Gasteiger partial charge in [0.25, 0.3) is 5.91 Å². The highest BCUT2D eigenvalue weighted by atomic mass is 19.4. The summed E-state index contributed by atoms with van der Waals surface area (Å²) < 4.78 is 45.2. The van der Waals surface area contributed by atoms with Crippen molar-refractivity contribution in [2.75, 3.05) is 20.6 Å². The first-order chi connectivity index (χ1) is 18.6. The van der Waals surface area contributed by atoms with Crippen LogP contribution in [0.25, 0.3) is 0 Å². The van der Waals surface area contributed by atoms with Gasteiger partial charge in [0.05, 0.1) is 11.6 Å². The molecule has 7 N–H and O–H groups in total.